The van der Waals surface area contributed by atoms with Gasteiger partial charge < -0.3 is 4.42 Å². The minimum Gasteiger partial charge on any atom is -0.443 e. The molecule has 0 amide bonds. The number of hydrogen-bond donors (Lipinski definition) is 1. The molecular weight excluding hydrogens is 312 g/mol. The first kappa shape index (κ1) is 15.7. The molecule has 0 fully saturated rings. The minimum absolute atomic E-state index is 0.328. The lowest BCUT2D eigenvalue weighted by Crippen LogP contribution is -2.26. The average molecular weight is 330 g/mol. The van der Waals surface area contributed by atoms with Crippen LogP contribution in [0.4, 0.5) is 0 Å². The van der Waals surface area contributed by atoms with Crippen LogP contribution in [-0.4, -0.2) is 19.9 Å². The number of hydrogen-bond acceptors (Lipinski definition) is 4. The number of nitrogens with zero attached hydrogens (tertiary/aromatic N) is 1. The molecule has 0 spiro atoms. The van der Waals surface area contributed by atoms with E-state index in [1.807, 2.05) is 31.2 Å². The van der Waals surface area contributed by atoms with Crippen LogP contribution in [0.25, 0.3) is 11.1 Å². The molecule has 2 aromatic carbocycles. The summed E-state index contributed by atoms with van der Waals surface area (Å²) >= 11 is 0. The summed E-state index contributed by atoms with van der Waals surface area (Å²) in [6.07, 6.45) is 1.98. The number of rotatable bonds is 5. The fraction of sp³-hybridized carbons (Fsp3) is 0.235. The molecule has 23 heavy (non-hydrogen) atoms. The highest BCUT2D eigenvalue weighted by molar-refractivity contribution is 7.89. The van der Waals surface area contributed by atoms with Crippen LogP contribution in [0.2, 0.25) is 0 Å². The molecule has 0 atom stereocenters. The monoisotopic (exact) mass is 330 g/mol. The van der Waals surface area contributed by atoms with Gasteiger partial charge in [0.25, 0.3) is 0 Å². The van der Waals surface area contributed by atoms with E-state index in [0.717, 1.165) is 22.2 Å². The first-order valence-corrected chi connectivity index (χ1v) is 8.83. The van der Waals surface area contributed by atoms with Gasteiger partial charge in [0.2, 0.25) is 10.0 Å². The molecule has 0 saturated carbocycles. The fourth-order valence-electron chi connectivity index (χ4n) is 2.56. The van der Waals surface area contributed by atoms with Crippen molar-refractivity contribution in [2.24, 2.45) is 0 Å². The van der Waals surface area contributed by atoms with Gasteiger partial charge in [-0.25, -0.2) is 18.1 Å². The number of benzene rings is 2. The van der Waals surface area contributed by atoms with E-state index in [-0.39, 0.29) is 0 Å². The van der Waals surface area contributed by atoms with E-state index < -0.39 is 10.0 Å². The summed E-state index contributed by atoms with van der Waals surface area (Å²) in [7, 11) is -3.50. The third kappa shape index (κ3) is 3.43. The Kier molecular flexibility index (Phi) is 4.19. The topological polar surface area (TPSA) is 72.2 Å². The molecule has 1 N–H and O–H groups in total. The van der Waals surface area contributed by atoms with Crippen LogP contribution in [0.3, 0.4) is 0 Å². The maximum atomic E-state index is 12.4. The molecule has 0 aliphatic heterocycles. The van der Waals surface area contributed by atoms with E-state index in [4.69, 9.17) is 4.42 Å². The van der Waals surface area contributed by atoms with E-state index in [2.05, 4.69) is 9.71 Å². The van der Waals surface area contributed by atoms with Gasteiger partial charge in [-0.15, -0.1) is 0 Å². The van der Waals surface area contributed by atoms with Gasteiger partial charge in [-0.3, -0.25) is 0 Å². The van der Waals surface area contributed by atoms with Gasteiger partial charge >= 0.3 is 0 Å². The van der Waals surface area contributed by atoms with E-state index in [1.54, 1.807) is 19.1 Å². The highest BCUT2D eigenvalue weighted by atomic mass is 32.2. The zero-order chi connectivity index (χ0) is 16.4. The first-order chi connectivity index (χ1) is 11.0. The van der Waals surface area contributed by atoms with E-state index in [9.17, 15) is 8.42 Å². The second kappa shape index (κ2) is 6.14. The fourth-order valence-corrected chi connectivity index (χ4v) is 3.82. The first-order valence-electron chi connectivity index (χ1n) is 7.35. The molecule has 0 aliphatic carbocycles. The smallest absolute Gasteiger partial charge is 0.240 e. The van der Waals surface area contributed by atoms with E-state index in [0.29, 0.717) is 23.4 Å². The predicted octanol–water partition coefficient (Wildman–Crippen LogP) is 2.97. The third-order valence-corrected chi connectivity index (χ3v) is 5.34. The quantitative estimate of drug-likeness (QED) is 0.780. The van der Waals surface area contributed by atoms with Crippen LogP contribution in [0.1, 0.15) is 16.7 Å². The third-order valence-electron chi connectivity index (χ3n) is 3.72. The number of nitrogens with one attached hydrogen (secondary N) is 1. The van der Waals surface area contributed by atoms with Crippen LogP contribution in [0.15, 0.2) is 52.1 Å². The molecule has 120 valence electrons. The molecule has 0 bridgehead atoms. The Morgan fingerprint density at radius 1 is 1.13 bits per heavy atom. The molecule has 6 heteroatoms. The Bertz CT molecular complexity index is 945. The number of aromatic nitrogens is 1. The van der Waals surface area contributed by atoms with Crippen LogP contribution in [0.5, 0.6) is 0 Å². The summed E-state index contributed by atoms with van der Waals surface area (Å²) in [5, 5.41) is 0. The molecule has 1 aromatic heterocycles. The molecular formula is C17H18N2O3S. The van der Waals surface area contributed by atoms with Crippen LogP contribution in [-0.2, 0) is 16.4 Å². The summed E-state index contributed by atoms with van der Waals surface area (Å²) in [6.45, 7) is 4.07. The van der Waals surface area contributed by atoms with Crippen molar-refractivity contribution >= 4 is 21.1 Å². The van der Waals surface area contributed by atoms with Crippen molar-refractivity contribution in [3.63, 3.8) is 0 Å². The van der Waals surface area contributed by atoms with Gasteiger partial charge in [-0.2, -0.15) is 0 Å². The second-order valence-corrected chi connectivity index (χ2v) is 7.31. The van der Waals surface area contributed by atoms with Crippen molar-refractivity contribution in [2.45, 2.75) is 25.2 Å². The Morgan fingerprint density at radius 3 is 2.74 bits per heavy atom. The molecule has 0 aliphatic rings. The Morgan fingerprint density at radius 2 is 1.96 bits per heavy atom. The van der Waals surface area contributed by atoms with Crippen molar-refractivity contribution in [3.05, 3.63) is 59.5 Å². The van der Waals surface area contributed by atoms with Gasteiger partial charge in [0.05, 0.1) is 4.90 Å². The molecule has 0 unspecified atom stereocenters. The zero-order valence-electron chi connectivity index (χ0n) is 13.0. The van der Waals surface area contributed by atoms with Crippen molar-refractivity contribution in [2.75, 3.05) is 6.54 Å². The normalized spacial score (nSPS) is 11.9. The van der Waals surface area contributed by atoms with Gasteiger partial charge in [0.1, 0.15) is 5.52 Å². The predicted molar refractivity (Wildman–Crippen MR) is 88.8 cm³/mol. The largest absolute Gasteiger partial charge is 0.443 e. The minimum atomic E-state index is -3.50. The van der Waals surface area contributed by atoms with E-state index in [1.165, 1.54) is 6.39 Å². The van der Waals surface area contributed by atoms with Gasteiger partial charge in [0, 0.05) is 6.54 Å². The lowest BCUT2D eigenvalue weighted by Gasteiger charge is -2.10. The summed E-state index contributed by atoms with van der Waals surface area (Å²) in [6, 6.07) is 11.0. The van der Waals surface area contributed by atoms with Crippen molar-refractivity contribution in [3.8, 4) is 0 Å². The summed E-state index contributed by atoms with van der Waals surface area (Å²) in [5.41, 5.74) is 4.30. The summed E-state index contributed by atoms with van der Waals surface area (Å²) < 4.78 is 32.7. The maximum Gasteiger partial charge on any atom is 0.240 e. The Hall–Kier alpha value is -2.18. The molecule has 5 nitrogen and oxygen atoms in total. The maximum absolute atomic E-state index is 12.4. The molecule has 3 rings (SSSR count). The Labute approximate surface area is 135 Å². The summed E-state index contributed by atoms with van der Waals surface area (Å²) in [5.74, 6) is 0. The number of oxazole rings is 1. The standard InChI is InChI=1S/C17H18N2O3S/c1-12-3-6-17(13(2)9-12)23(20,21)19-8-7-14-4-5-15-16(10-14)22-11-18-15/h3-6,9-11,19H,7-8H2,1-2H3. The summed E-state index contributed by atoms with van der Waals surface area (Å²) in [4.78, 5) is 4.39. The van der Waals surface area contributed by atoms with Gasteiger partial charge in [-0.1, -0.05) is 23.8 Å². The highest BCUT2D eigenvalue weighted by Gasteiger charge is 2.16. The van der Waals surface area contributed by atoms with Crippen LogP contribution in [0, 0.1) is 13.8 Å². The SMILES string of the molecule is Cc1ccc(S(=O)(=O)NCCc2ccc3ncoc3c2)c(C)c1. The second-order valence-electron chi connectivity index (χ2n) is 5.57. The van der Waals surface area contributed by atoms with Gasteiger partial charge in [-0.05, 0) is 49.6 Å². The lowest BCUT2D eigenvalue weighted by molar-refractivity contribution is 0.581. The average Bonchev–Trinajstić information content (AvgIpc) is 2.94. The Balaban J connectivity index is 1.69. The molecule has 3 aromatic rings. The lowest BCUT2D eigenvalue weighted by atomic mass is 10.1. The number of sulfonamides is 1. The van der Waals surface area contributed by atoms with Crippen LogP contribution >= 0.6 is 0 Å². The zero-order valence-corrected chi connectivity index (χ0v) is 13.9. The van der Waals surface area contributed by atoms with E-state index >= 15 is 0 Å². The van der Waals surface area contributed by atoms with Gasteiger partial charge in [0.15, 0.2) is 12.0 Å². The van der Waals surface area contributed by atoms with Crippen molar-refractivity contribution in [1.82, 2.24) is 9.71 Å². The van der Waals surface area contributed by atoms with Crippen LogP contribution < -0.4 is 4.72 Å². The molecule has 0 saturated heterocycles. The molecule has 0 radical (unpaired) electrons. The molecule has 1 heterocycles. The van der Waals surface area contributed by atoms with Crippen molar-refractivity contribution in [1.29, 1.82) is 0 Å². The number of fused-ring (bicyclic) bond motifs is 1. The van der Waals surface area contributed by atoms with Crippen molar-refractivity contribution < 1.29 is 12.8 Å². The highest BCUT2D eigenvalue weighted by Crippen LogP contribution is 2.17. The number of aryl methyl sites for hydroxylation is 2.